The fraction of sp³-hybridized carbons (Fsp3) is 0.190. The number of aromatic nitrogens is 1. The lowest BCUT2D eigenvalue weighted by Gasteiger charge is -2.11. The number of nitrogens with zero attached hydrogens (tertiary/aromatic N) is 1. The first kappa shape index (κ1) is 21.1. The van der Waals surface area contributed by atoms with Gasteiger partial charge in [-0.3, -0.25) is 4.79 Å². The van der Waals surface area contributed by atoms with Crippen molar-refractivity contribution in [1.29, 1.82) is 0 Å². The molecule has 0 saturated heterocycles. The van der Waals surface area contributed by atoms with Crippen LogP contribution in [0.2, 0.25) is 0 Å². The van der Waals surface area contributed by atoms with E-state index >= 15 is 0 Å². The molecule has 9 heteroatoms. The molecule has 1 aromatic heterocycles. The number of nitrogens with two attached hydrogens (primary N) is 1. The minimum absolute atomic E-state index is 0.0293. The van der Waals surface area contributed by atoms with Crippen LogP contribution in [0.25, 0.3) is 10.6 Å². The summed E-state index contributed by atoms with van der Waals surface area (Å²) < 4.78 is 21.0. The molecule has 2 N–H and O–H groups in total. The Morgan fingerprint density at radius 3 is 2.63 bits per heavy atom. The van der Waals surface area contributed by atoms with Crippen molar-refractivity contribution < 1.29 is 28.5 Å². The normalized spacial score (nSPS) is 10.3. The van der Waals surface area contributed by atoms with Crippen molar-refractivity contribution in [3.8, 4) is 27.8 Å². The average molecular weight is 428 g/mol. The van der Waals surface area contributed by atoms with Crippen molar-refractivity contribution >= 4 is 23.2 Å². The van der Waals surface area contributed by atoms with Crippen LogP contribution in [0.5, 0.6) is 17.2 Å². The van der Waals surface area contributed by atoms with Gasteiger partial charge in [0.1, 0.15) is 17.4 Å². The molecule has 0 spiro atoms. The van der Waals surface area contributed by atoms with E-state index in [1.54, 1.807) is 7.11 Å². The number of hydrogen-bond acceptors (Lipinski definition) is 8. The maximum absolute atomic E-state index is 12.4. The number of primary amides is 1. The number of esters is 1. The molecular formula is C21H20N2O6S. The molecule has 0 unspecified atom stereocenters. The third-order valence-corrected chi connectivity index (χ3v) is 4.93. The molecule has 0 atom stereocenters. The van der Waals surface area contributed by atoms with Gasteiger partial charge in [0, 0.05) is 10.9 Å². The van der Waals surface area contributed by atoms with E-state index in [0.717, 1.165) is 16.3 Å². The first-order valence-electron chi connectivity index (χ1n) is 8.85. The number of benzene rings is 2. The van der Waals surface area contributed by atoms with Gasteiger partial charge in [-0.1, -0.05) is 12.1 Å². The van der Waals surface area contributed by atoms with E-state index in [2.05, 4.69) is 4.98 Å². The Bertz CT molecular complexity index is 1050. The Morgan fingerprint density at radius 2 is 1.90 bits per heavy atom. The summed E-state index contributed by atoms with van der Waals surface area (Å²) in [5, 5.41) is 2.64. The Balaban J connectivity index is 1.64. The van der Waals surface area contributed by atoms with E-state index < -0.39 is 11.9 Å². The van der Waals surface area contributed by atoms with Crippen molar-refractivity contribution in [2.75, 3.05) is 20.8 Å². The minimum atomic E-state index is -0.614. The quantitative estimate of drug-likeness (QED) is 0.522. The highest BCUT2D eigenvalue weighted by atomic mass is 32.1. The second kappa shape index (κ2) is 9.75. The van der Waals surface area contributed by atoms with Crippen molar-refractivity contribution in [2.24, 2.45) is 5.73 Å². The lowest BCUT2D eigenvalue weighted by atomic mass is 10.2. The second-order valence-electron chi connectivity index (χ2n) is 6.07. The maximum Gasteiger partial charge on any atom is 0.338 e. The number of ether oxygens (including phenoxy) is 4. The SMILES string of the molecule is COc1cccc(-c2nc(COC(=O)c3ccc(OCC(N)=O)c(OC)c3)cs2)c1. The molecule has 3 aromatic rings. The van der Waals surface area contributed by atoms with Crippen LogP contribution in [0.4, 0.5) is 0 Å². The van der Waals surface area contributed by atoms with Crippen LogP contribution in [0.3, 0.4) is 0 Å². The van der Waals surface area contributed by atoms with Crippen LogP contribution in [-0.2, 0) is 16.1 Å². The highest BCUT2D eigenvalue weighted by molar-refractivity contribution is 7.13. The van der Waals surface area contributed by atoms with Crippen LogP contribution in [0, 0.1) is 0 Å². The van der Waals surface area contributed by atoms with Gasteiger partial charge < -0.3 is 24.7 Å². The van der Waals surface area contributed by atoms with E-state index in [1.165, 1.54) is 36.6 Å². The molecule has 8 nitrogen and oxygen atoms in total. The molecule has 0 radical (unpaired) electrons. The van der Waals surface area contributed by atoms with Crippen molar-refractivity contribution in [2.45, 2.75) is 6.61 Å². The number of hydrogen-bond donors (Lipinski definition) is 1. The minimum Gasteiger partial charge on any atom is -0.497 e. The second-order valence-corrected chi connectivity index (χ2v) is 6.93. The smallest absolute Gasteiger partial charge is 0.338 e. The molecule has 1 heterocycles. The van der Waals surface area contributed by atoms with Gasteiger partial charge in [-0.25, -0.2) is 9.78 Å². The fourth-order valence-corrected chi connectivity index (χ4v) is 3.35. The first-order valence-corrected chi connectivity index (χ1v) is 9.73. The number of rotatable bonds is 9. The Morgan fingerprint density at radius 1 is 1.07 bits per heavy atom. The molecular weight excluding hydrogens is 408 g/mol. The van der Waals surface area contributed by atoms with E-state index in [4.69, 9.17) is 24.7 Å². The predicted octanol–water partition coefficient (Wildman–Crippen LogP) is 3.05. The molecule has 0 fully saturated rings. The molecule has 156 valence electrons. The van der Waals surface area contributed by atoms with Crippen LogP contribution in [0.15, 0.2) is 47.8 Å². The Kier molecular flexibility index (Phi) is 6.87. The predicted molar refractivity (Wildman–Crippen MR) is 111 cm³/mol. The lowest BCUT2D eigenvalue weighted by molar-refractivity contribution is -0.119. The Labute approximate surface area is 177 Å². The number of amides is 1. The zero-order valence-corrected chi connectivity index (χ0v) is 17.2. The number of thiazole rings is 1. The van der Waals surface area contributed by atoms with Gasteiger partial charge in [0.15, 0.2) is 18.1 Å². The molecule has 0 aliphatic rings. The van der Waals surface area contributed by atoms with E-state index in [0.29, 0.717) is 17.2 Å². The summed E-state index contributed by atoms with van der Waals surface area (Å²) in [6.07, 6.45) is 0. The van der Waals surface area contributed by atoms with Gasteiger partial charge in [-0.2, -0.15) is 0 Å². The fourth-order valence-electron chi connectivity index (χ4n) is 2.55. The van der Waals surface area contributed by atoms with E-state index in [1.807, 2.05) is 29.6 Å². The van der Waals surface area contributed by atoms with Crippen molar-refractivity contribution in [1.82, 2.24) is 4.98 Å². The molecule has 0 bridgehead atoms. The Hall–Kier alpha value is -3.59. The third kappa shape index (κ3) is 5.26. The number of carbonyl (C=O) groups is 2. The molecule has 30 heavy (non-hydrogen) atoms. The van der Waals surface area contributed by atoms with Crippen LogP contribution in [-0.4, -0.2) is 37.7 Å². The summed E-state index contributed by atoms with van der Waals surface area (Å²) in [6, 6.07) is 12.1. The highest BCUT2D eigenvalue weighted by Crippen LogP contribution is 2.29. The van der Waals surface area contributed by atoms with Gasteiger partial charge in [0.2, 0.25) is 0 Å². The number of methoxy groups -OCH3 is 2. The highest BCUT2D eigenvalue weighted by Gasteiger charge is 2.14. The van der Waals surface area contributed by atoms with Gasteiger partial charge >= 0.3 is 5.97 Å². The van der Waals surface area contributed by atoms with Crippen molar-refractivity contribution in [3.63, 3.8) is 0 Å². The lowest BCUT2D eigenvalue weighted by Crippen LogP contribution is -2.20. The topological polar surface area (TPSA) is 110 Å². The largest absolute Gasteiger partial charge is 0.497 e. The molecule has 1 amide bonds. The zero-order chi connectivity index (χ0) is 21.5. The van der Waals surface area contributed by atoms with Gasteiger partial charge in [0.25, 0.3) is 5.91 Å². The van der Waals surface area contributed by atoms with Crippen molar-refractivity contribution in [3.05, 3.63) is 59.1 Å². The summed E-state index contributed by atoms with van der Waals surface area (Å²) in [7, 11) is 3.04. The molecule has 3 rings (SSSR count). The summed E-state index contributed by atoms with van der Waals surface area (Å²) in [6.45, 7) is -0.263. The maximum atomic E-state index is 12.4. The van der Waals surface area contributed by atoms with Gasteiger partial charge in [-0.05, 0) is 30.3 Å². The van der Waals surface area contributed by atoms with Crippen LogP contribution in [0.1, 0.15) is 16.1 Å². The third-order valence-electron chi connectivity index (χ3n) is 3.99. The van der Waals surface area contributed by atoms with Gasteiger partial charge in [-0.15, -0.1) is 11.3 Å². The monoisotopic (exact) mass is 428 g/mol. The standard InChI is InChI=1S/C21H20N2O6S/c1-26-16-5-3-4-13(8-16)20-23-15(12-30-20)10-29-21(25)14-6-7-17(18(9-14)27-2)28-11-19(22)24/h3-9,12H,10-11H2,1-2H3,(H2,22,24). The molecule has 0 saturated carbocycles. The summed E-state index contributed by atoms with van der Waals surface area (Å²) in [5.74, 6) is 0.186. The average Bonchev–Trinajstić information content (AvgIpc) is 3.25. The summed E-state index contributed by atoms with van der Waals surface area (Å²) in [4.78, 5) is 27.8. The molecule has 0 aliphatic carbocycles. The first-order chi connectivity index (χ1) is 14.5. The van der Waals surface area contributed by atoms with Crippen LogP contribution < -0.4 is 19.9 Å². The summed E-state index contributed by atoms with van der Waals surface area (Å²) >= 11 is 1.45. The molecule has 2 aromatic carbocycles. The zero-order valence-electron chi connectivity index (χ0n) is 16.4. The molecule has 0 aliphatic heterocycles. The van der Waals surface area contributed by atoms with Gasteiger partial charge in [0.05, 0.1) is 25.5 Å². The van der Waals surface area contributed by atoms with Crippen LogP contribution >= 0.6 is 11.3 Å². The summed E-state index contributed by atoms with van der Waals surface area (Å²) in [5.41, 5.74) is 6.91. The van der Waals surface area contributed by atoms with E-state index in [-0.39, 0.29) is 18.8 Å². The van der Waals surface area contributed by atoms with E-state index in [9.17, 15) is 9.59 Å². The number of carbonyl (C=O) groups excluding carboxylic acids is 2.